The van der Waals surface area contributed by atoms with Gasteiger partial charge in [0.25, 0.3) is 0 Å². The number of aldehydes is 2. The third-order valence-electron chi connectivity index (χ3n) is 6.36. The molecular formula is C28H36Br2N2O8. The molecule has 0 unspecified atom stereocenters. The Morgan fingerprint density at radius 3 is 1.23 bits per heavy atom. The topological polar surface area (TPSA) is 118 Å². The Morgan fingerprint density at radius 2 is 0.925 bits per heavy atom. The van der Waals surface area contributed by atoms with Gasteiger partial charge in [-0.25, -0.2) is 0 Å². The van der Waals surface area contributed by atoms with E-state index in [1.807, 2.05) is 0 Å². The summed E-state index contributed by atoms with van der Waals surface area (Å²) in [5.41, 5.74) is 1.78. The summed E-state index contributed by atoms with van der Waals surface area (Å²) in [4.78, 5) is 26.8. The molecule has 0 spiro atoms. The van der Waals surface area contributed by atoms with Gasteiger partial charge in [-0.3, -0.25) is 19.4 Å². The van der Waals surface area contributed by atoms with Crippen molar-refractivity contribution in [2.24, 2.45) is 0 Å². The predicted molar refractivity (Wildman–Crippen MR) is 156 cm³/mol. The van der Waals surface area contributed by atoms with Crippen molar-refractivity contribution in [3.05, 3.63) is 55.5 Å². The van der Waals surface area contributed by atoms with E-state index < -0.39 is 0 Å². The van der Waals surface area contributed by atoms with Gasteiger partial charge in [0.2, 0.25) is 0 Å². The minimum Gasteiger partial charge on any atom is -0.507 e. The summed E-state index contributed by atoms with van der Waals surface area (Å²) in [6.07, 6.45) is 1.28. The van der Waals surface area contributed by atoms with Crippen molar-refractivity contribution >= 4 is 44.4 Å². The molecule has 40 heavy (non-hydrogen) atoms. The van der Waals surface area contributed by atoms with E-state index in [9.17, 15) is 19.8 Å². The molecule has 2 aromatic carbocycles. The molecule has 1 fully saturated rings. The largest absolute Gasteiger partial charge is 0.507 e. The van der Waals surface area contributed by atoms with Crippen LogP contribution >= 0.6 is 31.9 Å². The van der Waals surface area contributed by atoms with Gasteiger partial charge in [0.05, 0.1) is 64.0 Å². The van der Waals surface area contributed by atoms with Crippen LogP contribution in [-0.2, 0) is 32.0 Å². The zero-order valence-electron chi connectivity index (χ0n) is 22.4. The number of nitrogens with zero attached hydrogens (tertiary/aromatic N) is 2. The van der Waals surface area contributed by atoms with Gasteiger partial charge < -0.3 is 29.2 Å². The number of hydrogen-bond acceptors (Lipinski definition) is 10. The summed E-state index contributed by atoms with van der Waals surface area (Å²) in [6.45, 7) is 6.88. The summed E-state index contributed by atoms with van der Waals surface area (Å²) < 4.78 is 24.6. The fraction of sp³-hybridized carbons (Fsp3) is 0.500. The van der Waals surface area contributed by atoms with Crippen molar-refractivity contribution in [1.29, 1.82) is 0 Å². The lowest BCUT2D eigenvalue weighted by atomic mass is 10.1. The number of rotatable bonds is 6. The van der Waals surface area contributed by atoms with Crippen LogP contribution in [0.1, 0.15) is 31.8 Å². The molecule has 1 heterocycles. The fourth-order valence-electron chi connectivity index (χ4n) is 4.22. The second-order valence-corrected chi connectivity index (χ2v) is 11.1. The maximum absolute atomic E-state index is 11.3. The second kappa shape index (κ2) is 17.8. The third kappa shape index (κ3) is 10.8. The number of benzene rings is 2. The fourth-order valence-corrected chi connectivity index (χ4v) is 5.26. The molecule has 0 bridgehead atoms. The van der Waals surface area contributed by atoms with Crippen molar-refractivity contribution in [3.63, 3.8) is 0 Å². The van der Waals surface area contributed by atoms with Crippen molar-refractivity contribution in [1.82, 2.24) is 9.80 Å². The molecule has 1 aliphatic heterocycles. The zero-order valence-corrected chi connectivity index (χ0v) is 25.5. The molecule has 1 saturated heterocycles. The Kier molecular flexibility index (Phi) is 14.5. The van der Waals surface area contributed by atoms with Crippen LogP contribution in [-0.4, -0.2) is 112 Å². The number of carbonyl (C=O) groups is 2. The summed E-state index contributed by atoms with van der Waals surface area (Å²) in [7, 11) is 0. The van der Waals surface area contributed by atoms with E-state index in [2.05, 4.69) is 41.7 Å². The molecular weight excluding hydrogens is 652 g/mol. The van der Waals surface area contributed by atoms with E-state index >= 15 is 0 Å². The standard InChI is InChI=1S/C28H36Br2N2O8/c29-25-13-21(27(35)23(15-25)19-33)17-31-1-5-37-9-10-39-7-3-32(4-8-40-12-11-38-6-2-31)18-22-14-26(30)16-24(20-34)28(22)36/h13-16,19-20,35-36H,1-12,17-18H2. The molecule has 10 nitrogen and oxygen atoms in total. The maximum atomic E-state index is 11.3. The van der Waals surface area contributed by atoms with Crippen LogP contribution in [0, 0.1) is 0 Å². The van der Waals surface area contributed by atoms with Crippen molar-refractivity contribution < 1.29 is 38.7 Å². The lowest BCUT2D eigenvalue weighted by molar-refractivity contribution is 0.00611. The normalized spacial score (nSPS) is 18.1. The van der Waals surface area contributed by atoms with Crippen molar-refractivity contribution in [3.8, 4) is 11.5 Å². The Bertz CT molecular complexity index is 999. The van der Waals surface area contributed by atoms with E-state index in [4.69, 9.17) is 18.9 Å². The number of halogens is 2. The Labute approximate surface area is 251 Å². The Hall–Kier alpha value is -1.90. The third-order valence-corrected chi connectivity index (χ3v) is 7.28. The quantitative estimate of drug-likeness (QED) is 0.436. The lowest BCUT2D eigenvalue weighted by Crippen LogP contribution is -2.32. The van der Waals surface area contributed by atoms with Gasteiger partial charge in [-0.05, 0) is 24.3 Å². The van der Waals surface area contributed by atoms with Gasteiger partial charge in [-0.2, -0.15) is 0 Å². The summed E-state index contributed by atoms with van der Waals surface area (Å²) in [5, 5.41) is 20.9. The Morgan fingerprint density at radius 1 is 0.600 bits per heavy atom. The number of aromatic hydroxyl groups is 2. The van der Waals surface area contributed by atoms with Crippen LogP contribution in [0.25, 0.3) is 0 Å². The van der Waals surface area contributed by atoms with Crippen LogP contribution in [0.15, 0.2) is 33.2 Å². The minimum absolute atomic E-state index is 0.0189. The smallest absolute Gasteiger partial charge is 0.153 e. The molecule has 0 amide bonds. The second-order valence-electron chi connectivity index (χ2n) is 9.24. The highest BCUT2D eigenvalue weighted by atomic mass is 79.9. The summed E-state index contributed by atoms with van der Waals surface area (Å²) in [5.74, 6) is -0.0377. The SMILES string of the molecule is O=Cc1cc(Br)cc(CN2CCOCCOCCN(Cc3cc(Br)cc(C=O)c3O)CCOCCOCC2)c1O. The first-order chi connectivity index (χ1) is 19.4. The average molecular weight is 688 g/mol. The molecule has 2 aromatic rings. The number of phenolic OH excluding ortho intramolecular Hbond substituents is 2. The van der Waals surface area contributed by atoms with Crippen LogP contribution < -0.4 is 0 Å². The van der Waals surface area contributed by atoms with Gasteiger partial charge in [-0.1, -0.05) is 31.9 Å². The van der Waals surface area contributed by atoms with E-state index in [0.717, 1.165) is 8.95 Å². The maximum Gasteiger partial charge on any atom is 0.153 e. The van der Waals surface area contributed by atoms with Gasteiger partial charge in [0.1, 0.15) is 11.5 Å². The van der Waals surface area contributed by atoms with Crippen molar-refractivity contribution in [2.45, 2.75) is 13.1 Å². The monoisotopic (exact) mass is 686 g/mol. The number of ether oxygens (including phenoxy) is 4. The highest BCUT2D eigenvalue weighted by Gasteiger charge is 2.15. The van der Waals surface area contributed by atoms with Crippen LogP contribution in [0.5, 0.6) is 11.5 Å². The van der Waals surface area contributed by atoms with E-state index in [1.165, 1.54) is 0 Å². The van der Waals surface area contributed by atoms with Crippen molar-refractivity contribution in [2.75, 3.05) is 79.0 Å². The summed E-state index contributed by atoms with van der Waals surface area (Å²) in [6, 6.07) is 6.79. The number of carbonyl (C=O) groups excluding carboxylic acids is 2. The Balaban J connectivity index is 1.54. The number of phenols is 2. The molecule has 1 aliphatic rings. The first kappa shape index (κ1) is 32.6. The molecule has 0 aliphatic carbocycles. The molecule has 0 aromatic heterocycles. The van der Waals surface area contributed by atoms with Gasteiger partial charge >= 0.3 is 0 Å². The first-order valence-electron chi connectivity index (χ1n) is 13.1. The molecule has 2 N–H and O–H groups in total. The highest BCUT2D eigenvalue weighted by molar-refractivity contribution is 9.10. The van der Waals surface area contributed by atoms with Crippen LogP contribution in [0.4, 0.5) is 0 Å². The van der Waals surface area contributed by atoms with E-state index in [0.29, 0.717) is 116 Å². The van der Waals surface area contributed by atoms with E-state index in [1.54, 1.807) is 24.3 Å². The number of hydrogen-bond donors (Lipinski definition) is 2. The molecule has 220 valence electrons. The van der Waals surface area contributed by atoms with Crippen LogP contribution in [0.3, 0.4) is 0 Å². The minimum atomic E-state index is -0.0189. The molecule has 0 radical (unpaired) electrons. The van der Waals surface area contributed by atoms with Gasteiger partial charge in [0.15, 0.2) is 12.6 Å². The predicted octanol–water partition coefficient (Wildman–Crippen LogP) is 3.63. The molecule has 12 heteroatoms. The van der Waals surface area contributed by atoms with Gasteiger partial charge in [-0.15, -0.1) is 0 Å². The molecule has 3 rings (SSSR count). The van der Waals surface area contributed by atoms with Gasteiger partial charge in [0, 0.05) is 59.3 Å². The van der Waals surface area contributed by atoms with E-state index in [-0.39, 0.29) is 22.6 Å². The van der Waals surface area contributed by atoms with Crippen LogP contribution in [0.2, 0.25) is 0 Å². The first-order valence-corrected chi connectivity index (χ1v) is 14.7. The summed E-state index contributed by atoms with van der Waals surface area (Å²) >= 11 is 6.80. The highest BCUT2D eigenvalue weighted by Crippen LogP contribution is 2.28. The lowest BCUT2D eigenvalue weighted by Gasteiger charge is -2.24. The average Bonchev–Trinajstić information content (AvgIpc) is 2.93. The molecule has 0 saturated carbocycles. The zero-order chi connectivity index (χ0) is 28.7. The molecule has 0 atom stereocenters.